The van der Waals surface area contributed by atoms with Gasteiger partial charge in [-0.2, -0.15) is 0 Å². The first-order valence-electron chi connectivity index (χ1n) is 5.40. The SMILES string of the molecule is CNc1cccnc1S(=O)(=O)NCCCS(C)=O. The zero-order valence-corrected chi connectivity index (χ0v) is 12.0. The Morgan fingerprint density at radius 1 is 1.44 bits per heavy atom. The first-order chi connectivity index (χ1) is 8.47. The van der Waals surface area contributed by atoms with Crippen molar-refractivity contribution in [3.05, 3.63) is 18.3 Å². The number of sulfonamides is 1. The van der Waals surface area contributed by atoms with Gasteiger partial charge in [0.2, 0.25) is 0 Å². The first-order valence-corrected chi connectivity index (χ1v) is 8.61. The molecule has 18 heavy (non-hydrogen) atoms. The van der Waals surface area contributed by atoms with Crippen LogP contribution in [0.15, 0.2) is 23.4 Å². The molecule has 1 aromatic rings. The van der Waals surface area contributed by atoms with Crippen LogP contribution in [0.2, 0.25) is 0 Å². The van der Waals surface area contributed by atoms with E-state index in [1.165, 1.54) is 6.20 Å². The minimum Gasteiger partial charge on any atom is -0.386 e. The number of rotatable bonds is 7. The van der Waals surface area contributed by atoms with Crippen LogP contribution in [0.4, 0.5) is 5.69 Å². The smallest absolute Gasteiger partial charge is 0.260 e. The number of anilines is 1. The van der Waals surface area contributed by atoms with E-state index >= 15 is 0 Å². The lowest BCUT2D eigenvalue weighted by Crippen LogP contribution is -2.27. The summed E-state index contributed by atoms with van der Waals surface area (Å²) in [5.74, 6) is 0.476. The molecule has 1 heterocycles. The Balaban J connectivity index is 2.71. The predicted octanol–water partition coefficient (Wildman–Crippen LogP) is 0.170. The molecule has 0 fully saturated rings. The van der Waals surface area contributed by atoms with Gasteiger partial charge in [0.25, 0.3) is 10.0 Å². The van der Waals surface area contributed by atoms with E-state index < -0.39 is 20.8 Å². The standard InChI is InChI=1S/C10H17N3O3S2/c1-11-9-5-3-6-12-10(9)18(15,16)13-7-4-8-17(2)14/h3,5-6,11,13H,4,7-8H2,1-2H3. The normalized spacial score (nSPS) is 13.2. The lowest BCUT2D eigenvalue weighted by Gasteiger charge is -2.09. The van der Waals surface area contributed by atoms with Gasteiger partial charge in [-0.05, 0) is 18.6 Å². The maximum Gasteiger partial charge on any atom is 0.260 e. The van der Waals surface area contributed by atoms with Crippen molar-refractivity contribution in [2.45, 2.75) is 11.4 Å². The Labute approximate surface area is 110 Å². The summed E-state index contributed by atoms with van der Waals surface area (Å²) in [6.07, 6.45) is 3.55. The second-order valence-corrected chi connectivity index (χ2v) is 6.87. The maximum absolute atomic E-state index is 12.0. The quantitative estimate of drug-likeness (QED) is 0.699. The molecule has 1 atom stereocenters. The minimum absolute atomic E-state index is 0.0230. The Morgan fingerprint density at radius 2 is 2.17 bits per heavy atom. The summed E-state index contributed by atoms with van der Waals surface area (Å²) in [6, 6.07) is 3.30. The van der Waals surface area contributed by atoms with Gasteiger partial charge < -0.3 is 5.32 Å². The van der Waals surface area contributed by atoms with Crippen molar-refractivity contribution in [2.24, 2.45) is 0 Å². The van der Waals surface area contributed by atoms with Crippen LogP contribution in [0.3, 0.4) is 0 Å². The molecule has 0 amide bonds. The summed E-state index contributed by atoms with van der Waals surface area (Å²) in [5, 5.41) is 2.76. The van der Waals surface area contributed by atoms with Crippen molar-refractivity contribution in [1.29, 1.82) is 0 Å². The van der Waals surface area contributed by atoms with Gasteiger partial charge in [0.05, 0.1) is 5.69 Å². The minimum atomic E-state index is -3.62. The molecular formula is C10H17N3O3S2. The Bertz CT molecular complexity index is 517. The average molecular weight is 291 g/mol. The molecule has 0 aliphatic rings. The Hall–Kier alpha value is -0.990. The summed E-state index contributed by atoms with van der Waals surface area (Å²) < 4.78 is 37.2. The maximum atomic E-state index is 12.0. The van der Waals surface area contributed by atoms with Crippen LogP contribution in [0, 0.1) is 0 Å². The number of aromatic nitrogens is 1. The topological polar surface area (TPSA) is 88.2 Å². The molecule has 0 aliphatic carbocycles. The van der Waals surface area contributed by atoms with Gasteiger partial charge in [-0.25, -0.2) is 18.1 Å². The molecule has 0 aromatic carbocycles. The molecule has 0 saturated carbocycles. The number of nitrogens with one attached hydrogen (secondary N) is 2. The predicted molar refractivity (Wildman–Crippen MR) is 72.5 cm³/mol. The van der Waals surface area contributed by atoms with E-state index in [-0.39, 0.29) is 11.6 Å². The number of pyridine rings is 1. The average Bonchev–Trinajstić information content (AvgIpc) is 2.34. The highest BCUT2D eigenvalue weighted by Crippen LogP contribution is 2.16. The van der Waals surface area contributed by atoms with Crippen LogP contribution in [-0.2, 0) is 20.8 Å². The van der Waals surface area contributed by atoms with Crippen LogP contribution in [0.1, 0.15) is 6.42 Å². The molecule has 8 heteroatoms. The van der Waals surface area contributed by atoms with Crippen molar-refractivity contribution in [3.63, 3.8) is 0 Å². The summed E-state index contributed by atoms with van der Waals surface area (Å²) in [4.78, 5) is 3.86. The molecule has 1 unspecified atom stereocenters. The van der Waals surface area contributed by atoms with E-state index in [1.807, 2.05) is 0 Å². The van der Waals surface area contributed by atoms with E-state index in [0.29, 0.717) is 17.9 Å². The summed E-state index contributed by atoms with van der Waals surface area (Å²) in [6.45, 7) is 0.252. The highest BCUT2D eigenvalue weighted by molar-refractivity contribution is 7.89. The summed E-state index contributed by atoms with van der Waals surface area (Å²) >= 11 is 0. The fourth-order valence-corrected chi connectivity index (χ4v) is 3.11. The monoisotopic (exact) mass is 291 g/mol. The van der Waals surface area contributed by atoms with Gasteiger partial charge in [0.15, 0.2) is 5.03 Å². The van der Waals surface area contributed by atoms with Crippen LogP contribution < -0.4 is 10.0 Å². The van der Waals surface area contributed by atoms with Gasteiger partial charge in [0.1, 0.15) is 0 Å². The van der Waals surface area contributed by atoms with E-state index in [9.17, 15) is 12.6 Å². The number of hydrogen-bond donors (Lipinski definition) is 2. The third-order valence-corrected chi connectivity index (χ3v) is 4.48. The Kier molecular flexibility index (Phi) is 5.70. The molecular weight excluding hydrogens is 274 g/mol. The second-order valence-electron chi connectivity index (χ2n) is 3.63. The van der Waals surface area contributed by atoms with Gasteiger partial charge in [-0.3, -0.25) is 4.21 Å². The molecule has 0 spiro atoms. The number of hydrogen-bond acceptors (Lipinski definition) is 5. The largest absolute Gasteiger partial charge is 0.386 e. The Morgan fingerprint density at radius 3 is 2.78 bits per heavy atom. The van der Waals surface area contributed by atoms with E-state index in [0.717, 1.165) is 0 Å². The van der Waals surface area contributed by atoms with Crippen LogP contribution in [0.5, 0.6) is 0 Å². The van der Waals surface area contributed by atoms with E-state index in [1.54, 1.807) is 25.4 Å². The summed E-state index contributed by atoms with van der Waals surface area (Å²) in [5.41, 5.74) is 0.448. The highest BCUT2D eigenvalue weighted by Gasteiger charge is 2.18. The molecule has 6 nitrogen and oxygen atoms in total. The second kappa shape index (κ2) is 6.81. The zero-order chi connectivity index (χ0) is 13.6. The third-order valence-electron chi connectivity index (χ3n) is 2.20. The van der Waals surface area contributed by atoms with Gasteiger partial charge >= 0.3 is 0 Å². The number of nitrogens with zero attached hydrogens (tertiary/aromatic N) is 1. The molecule has 0 bridgehead atoms. The first kappa shape index (κ1) is 15.1. The van der Waals surface area contributed by atoms with Gasteiger partial charge in [-0.15, -0.1) is 0 Å². The zero-order valence-electron chi connectivity index (χ0n) is 10.3. The van der Waals surface area contributed by atoms with Crippen molar-refractivity contribution >= 4 is 26.5 Å². The fraction of sp³-hybridized carbons (Fsp3) is 0.500. The van der Waals surface area contributed by atoms with Crippen molar-refractivity contribution in [3.8, 4) is 0 Å². The highest BCUT2D eigenvalue weighted by atomic mass is 32.2. The molecule has 1 rings (SSSR count). The van der Waals surface area contributed by atoms with E-state index in [2.05, 4.69) is 15.0 Å². The van der Waals surface area contributed by atoms with Gasteiger partial charge in [-0.1, -0.05) is 0 Å². The van der Waals surface area contributed by atoms with Crippen LogP contribution >= 0.6 is 0 Å². The lowest BCUT2D eigenvalue weighted by atomic mass is 10.4. The molecule has 102 valence electrons. The molecule has 0 saturated heterocycles. The molecule has 0 aliphatic heterocycles. The lowest BCUT2D eigenvalue weighted by molar-refractivity contribution is 0.577. The summed E-state index contributed by atoms with van der Waals surface area (Å²) in [7, 11) is -2.90. The third kappa shape index (κ3) is 4.35. The molecule has 1 aromatic heterocycles. The van der Waals surface area contributed by atoms with Crippen molar-refractivity contribution in [2.75, 3.05) is 30.9 Å². The van der Waals surface area contributed by atoms with Crippen molar-refractivity contribution < 1.29 is 12.6 Å². The van der Waals surface area contributed by atoms with Crippen molar-refractivity contribution in [1.82, 2.24) is 9.71 Å². The fourth-order valence-electron chi connectivity index (χ4n) is 1.35. The van der Waals surface area contributed by atoms with E-state index in [4.69, 9.17) is 0 Å². The van der Waals surface area contributed by atoms with Crippen LogP contribution in [-0.4, -0.2) is 43.2 Å². The van der Waals surface area contributed by atoms with Crippen LogP contribution in [0.25, 0.3) is 0 Å². The molecule has 0 radical (unpaired) electrons. The molecule has 2 N–H and O–H groups in total. The van der Waals surface area contributed by atoms with Gasteiger partial charge in [0, 0.05) is 42.6 Å².